The van der Waals surface area contributed by atoms with Gasteiger partial charge in [-0.1, -0.05) is 19.4 Å². The summed E-state index contributed by atoms with van der Waals surface area (Å²) < 4.78 is 0. The van der Waals surface area contributed by atoms with E-state index in [0.29, 0.717) is 6.42 Å². The number of nitrogens with zero attached hydrogens (tertiary/aromatic N) is 1. The monoisotopic (exact) mass is 192 g/mol. The Kier molecular flexibility index (Phi) is 4.11. The van der Waals surface area contributed by atoms with Crippen molar-refractivity contribution >= 4 is 5.91 Å². The molecule has 0 aliphatic heterocycles. The van der Waals surface area contributed by atoms with Crippen LogP contribution in [-0.2, 0) is 4.79 Å². The number of hydrogen-bond acceptors (Lipinski definition) is 2. The van der Waals surface area contributed by atoms with Crippen LogP contribution in [0.2, 0.25) is 0 Å². The molecule has 0 saturated carbocycles. The van der Waals surface area contributed by atoms with Gasteiger partial charge in [0.15, 0.2) is 0 Å². The van der Waals surface area contributed by atoms with Crippen LogP contribution in [-0.4, -0.2) is 10.9 Å². The van der Waals surface area contributed by atoms with Gasteiger partial charge in [-0.2, -0.15) is 0 Å². The Labute approximate surface area is 84.3 Å². The molecule has 3 nitrogen and oxygen atoms in total. The summed E-state index contributed by atoms with van der Waals surface area (Å²) in [6, 6.07) is 3.88. The highest BCUT2D eigenvalue weighted by molar-refractivity contribution is 5.74. The molecule has 1 amide bonds. The number of aromatic nitrogens is 1. The maximum absolute atomic E-state index is 10.9. The number of primary amides is 1. The zero-order valence-corrected chi connectivity index (χ0v) is 8.44. The van der Waals surface area contributed by atoms with E-state index in [2.05, 4.69) is 11.9 Å². The number of amides is 1. The molecule has 1 atom stereocenters. The highest BCUT2D eigenvalue weighted by Crippen LogP contribution is 2.23. The van der Waals surface area contributed by atoms with E-state index in [0.717, 1.165) is 18.4 Å². The van der Waals surface area contributed by atoms with Crippen molar-refractivity contribution in [3.05, 3.63) is 30.1 Å². The van der Waals surface area contributed by atoms with E-state index in [4.69, 9.17) is 5.73 Å². The Morgan fingerprint density at radius 2 is 2.43 bits per heavy atom. The van der Waals surface area contributed by atoms with Crippen LogP contribution in [0.25, 0.3) is 0 Å². The van der Waals surface area contributed by atoms with Gasteiger partial charge in [0.1, 0.15) is 0 Å². The molecule has 1 aromatic rings. The second kappa shape index (κ2) is 5.37. The van der Waals surface area contributed by atoms with Crippen molar-refractivity contribution in [3.63, 3.8) is 0 Å². The molecule has 2 N–H and O–H groups in total. The van der Waals surface area contributed by atoms with Crippen LogP contribution in [0.3, 0.4) is 0 Å². The normalized spacial score (nSPS) is 12.4. The van der Waals surface area contributed by atoms with Crippen molar-refractivity contribution in [1.29, 1.82) is 0 Å². The van der Waals surface area contributed by atoms with E-state index in [1.807, 2.05) is 18.3 Å². The molecule has 3 heteroatoms. The van der Waals surface area contributed by atoms with Gasteiger partial charge in [0, 0.05) is 18.8 Å². The van der Waals surface area contributed by atoms with Crippen molar-refractivity contribution in [2.24, 2.45) is 5.73 Å². The Morgan fingerprint density at radius 3 is 2.93 bits per heavy atom. The number of carbonyl (C=O) groups is 1. The van der Waals surface area contributed by atoms with Crippen LogP contribution < -0.4 is 5.73 Å². The third-order valence-corrected chi connectivity index (χ3v) is 2.24. The first-order valence-electron chi connectivity index (χ1n) is 4.92. The van der Waals surface area contributed by atoms with Gasteiger partial charge in [0.2, 0.25) is 5.91 Å². The van der Waals surface area contributed by atoms with Gasteiger partial charge in [-0.3, -0.25) is 9.78 Å². The van der Waals surface area contributed by atoms with Crippen molar-refractivity contribution in [3.8, 4) is 0 Å². The van der Waals surface area contributed by atoms with Gasteiger partial charge >= 0.3 is 0 Å². The van der Waals surface area contributed by atoms with E-state index in [9.17, 15) is 4.79 Å². The summed E-state index contributed by atoms with van der Waals surface area (Å²) in [5, 5.41) is 0. The van der Waals surface area contributed by atoms with E-state index < -0.39 is 0 Å². The van der Waals surface area contributed by atoms with Crippen molar-refractivity contribution in [1.82, 2.24) is 4.98 Å². The van der Waals surface area contributed by atoms with Crippen LogP contribution in [0.4, 0.5) is 0 Å². The van der Waals surface area contributed by atoms with Gasteiger partial charge in [0.05, 0.1) is 0 Å². The molecule has 1 rings (SSSR count). The summed E-state index contributed by atoms with van der Waals surface area (Å²) in [4.78, 5) is 14.9. The Bertz CT molecular complexity index is 285. The summed E-state index contributed by atoms with van der Waals surface area (Å²) in [6.45, 7) is 2.10. The topological polar surface area (TPSA) is 56.0 Å². The largest absolute Gasteiger partial charge is 0.370 e. The van der Waals surface area contributed by atoms with Crippen LogP contribution in [0.1, 0.15) is 37.7 Å². The smallest absolute Gasteiger partial charge is 0.218 e. The van der Waals surface area contributed by atoms with Gasteiger partial charge in [-0.15, -0.1) is 0 Å². The number of nitrogens with two attached hydrogens (primary N) is 1. The third kappa shape index (κ3) is 3.17. The van der Waals surface area contributed by atoms with Gasteiger partial charge in [-0.25, -0.2) is 0 Å². The minimum Gasteiger partial charge on any atom is -0.370 e. The first-order valence-corrected chi connectivity index (χ1v) is 4.92. The molecule has 0 bridgehead atoms. The molecule has 76 valence electrons. The SMILES string of the molecule is CCCC(CC(N)=O)c1cccnc1. The lowest BCUT2D eigenvalue weighted by Crippen LogP contribution is -2.15. The highest BCUT2D eigenvalue weighted by atomic mass is 16.1. The fraction of sp³-hybridized carbons (Fsp3) is 0.455. The summed E-state index contributed by atoms with van der Waals surface area (Å²) >= 11 is 0. The molecular formula is C11H16N2O. The Balaban J connectivity index is 2.72. The number of pyridine rings is 1. The fourth-order valence-corrected chi connectivity index (χ4v) is 1.60. The molecule has 1 unspecified atom stereocenters. The van der Waals surface area contributed by atoms with Crippen LogP contribution in [0, 0.1) is 0 Å². The minimum atomic E-state index is -0.243. The zero-order chi connectivity index (χ0) is 10.4. The average molecular weight is 192 g/mol. The molecule has 0 fully saturated rings. The van der Waals surface area contributed by atoms with E-state index in [1.165, 1.54) is 0 Å². The van der Waals surface area contributed by atoms with Crippen molar-refractivity contribution in [2.75, 3.05) is 0 Å². The molecule has 14 heavy (non-hydrogen) atoms. The zero-order valence-electron chi connectivity index (χ0n) is 8.44. The summed E-state index contributed by atoms with van der Waals surface area (Å²) in [5.41, 5.74) is 6.31. The predicted octanol–water partition coefficient (Wildman–Crippen LogP) is 1.84. The summed E-state index contributed by atoms with van der Waals surface area (Å²) in [6.07, 6.45) is 5.99. The standard InChI is InChI=1S/C11H16N2O/c1-2-4-9(7-11(12)14)10-5-3-6-13-8-10/h3,5-6,8-9H,2,4,7H2,1H3,(H2,12,14). The number of rotatable bonds is 5. The molecule has 0 aromatic carbocycles. The first kappa shape index (κ1) is 10.7. The quantitative estimate of drug-likeness (QED) is 0.773. The van der Waals surface area contributed by atoms with E-state index in [1.54, 1.807) is 6.20 Å². The predicted molar refractivity (Wildman–Crippen MR) is 55.7 cm³/mol. The summed E-state index contributed by atoms with van der Waals surface area (Å²) in [5.74, 6) is -0.0153. The van der Waals surface area contributed by atoms with E-state index in [-0.39, 0.29) is 11.8 Å². The molecule has 1 aromatic heterocycles. The van der Waals surface area contributed by atoms with Crippen molar-refractivity contribution in [2.45, 2.75) is 32.1 Å². The average Bonchev–Trinajstić information content (AvgIpc) is 2.18. The maximum atomic E-state index is 10.9. The molecule has 0 spiro atoms. The van der Waals surface area contributed by atoms with E-state index >= 15 is 0 Å². The van der Waals surface area contributed by atoms with Crippen LogP contribution >= 0.6 is 0 Å². The van der Waals surface area contributed by atoms with Gasteiger partial charge < -0.3 is 5.73 Å². The molecule has 0 radical (unpaired) electrons. The lowest BCUT2D eigenvalue weighted by Gasteiger charge is -2.13. The molecular weight excluding hydrogens is 176 g/mol. The van der Waals surface area contributed by atoms with Crippen LogP contribution in [0.15, 0.2) is 24.5 Å². The molecule has 0 saturated heterocycles. The Morgan fingerprint density at radius 1 is 1.64 bits per heavy atom. The Hall–Kier alpha value is -1.38. The molecule has 0 aliphatic carbocycles. The second-order valence-corrected chi connectivity index (χ2v) is 3.44. The molecule has 0 aliphatic rings. The van der Waals surface area contributed by atoms with Crippen LogP contribution in [0.5, 0.6) is 0 Å². The second-order valence-electron chi connectivity index (χ2n) is 3.44. The lowest BCUT2D eigenvalue weighted by atomic mass is 9.92. The lowest BCUT2D eigenvalue weighted by molar-refractivity contribution is -0.118. The first-order chi connectivity index (χ1) is 6.74. The highest BCUT2D eigenvalue weighted by Gasteiger charge is 2.13. The fourth-order valence-electron chi connectivity index (χ4n) is 1.60. The number of carbonyl (C=O) groups excluding carboxylic acids is 1. The third-order valence-electron chi connectivity index (χ3n) is 2.24. The molecule has 1 heterocycles. The minimum absolute atomic E-state index is 0.228. The number of hydrogen-bond donors (Lipinski definition) is 1. The summed E-state index contributed by atoms with van der Waals surface area (Å²) in [7, 11) is 0. The maximum Gasteiger partial charge on any atom is 0.218 e. The van der Waals surface area contributed by atoms with Crippen molar-refractivity contribution < 1.29 is 4.79 Å². The van der Waals surface area contributed by atoms with Gasteiger partial charge in [0.25, 0.3) is 0 Å². The van der Waals surface area contributed by atoms with Gasteiger partial charge in [-0.05, 0) is 24.0 Å².